The van der Waals surface area contributed by atoms with Crippen molar-refractivity contribution in [1.29, 1.82) is 0 Å². The van der Waals surface area contributed by atoms with Gasteiger partial charge in [-0.15, -0.1) is 0 Å². The second-order valence-corrected chi connectivity index (χ2v) is 6.89. The van der Waals surface area contributed by atoms with Gasteiger partial charge in [-0.3, -0.25) is 9.89 Å². The predicted octanol–water partition coefficient (Wildman–Crippen LogP) is 2.92. The number of hydrogen-bond donors (Lipinski definition) is 2. The maximum atomic E-state index is 12.2. The average Bonchev–Trinajstić information content (AvgIpc) is 3.25. The highest BCUT2D eigenvalue weighted by molar-refractivity contribution is 5.93. The first-order chi connectivity index (χ1) is 11.6. The fourth-order valence-corrected chi connectivity index (χ4v) is 3.41. The number of carbonyl (C=O) groups is 1. The van der Waals surface area contributed by atoms with Gasteiger partial charge in [0.2, 0.25) is 5.91 Å². The normalized spacial score (nSPS) is 18.2. The van der Waals surface area contributed by atoms with E-state index in [-0.39, 0.29) is 11.8 Å². The van der Waals surface area contributed by atoms with Gasteiger partial charge in [-0.05, 0) is 12.0 Å². The first kappa shape index (κ1) is 14.9. The number of likely N-dealkylation sites (tertiary alicyclic amines) is 1. The summed E-state index contributed by atoms with van der Waals surface area (Å²) in [4.78, 5) is 22.0. The van der Waals surface area contributed by atoms with Crippen molar-refractivity contribution in [2.75, 3.05) is 13.1 Å². The van der Waals surface area contributed by atoms with Crippen LogP contribution >= 0.6 is 0 Å². The number of aromatic amines is 2. The van der Waals surface area contributed by atoms with E-state index in [1.54, 1.807) is 0 Å². The zero-order valence-corrected chi connectivity index (χ0v) is 13.9. The van der Waals surface area contributed by atoms with Gasteiger partial charge in [0, 0.05) is 48.1 Å². The van der Waals surface area contributed by atoms with E-state index in [1.165, 1.54) is 0 Å². The van der Waals surface area contributed by atoms with E-state index < -0.39 is 0 Å². The molecule has 2 N–H and O–H groups in total. The van der Waals surface area contributed by atoms with Crippen molar-refractivity contribution in [2.24, 2.45) is 5.92 Å². The minimum Gasteiger partial charge on any atom is -0.360 e. The Kier molecular flexibility index (Phi) is 3.59. The van der Waals surface area contributed by atoms with Crippen molar-refractivity contribution in [2.45, 2.75) is 26.2 Å². The van der Waals surface area contributed by atoms with E-state index >= 15 is 0 Å². The molecule has 2 aromatic heterocycles. The Hall–Kier alpha value is -2.63. The molecule has 6 nitrogen and oxygen atoms in total. The Balaban J connectivity index is 1.58. The summed E-state index contributed by atoms with van der Waals surface area (Å²) < 4.78 is 0. The molecule has 1 aliphatic rings. The van der Waals surface area contributed by atoms with Gasteiger partial charge in [-0.2, -0.15) is 5.10 Å². The van der Waals surface area contributed by atoms with Gasteiger partial charge in [-0.1, -0.05) is 32.0 Å². The van der Waals surface area contributed by atoms with Gasteiger partial charge >= 0.3 is 0 Å². The molecule has 0 aliphatic carbocycles. The van der Waals surface area contributed by atoms with E-state index in [1.807, 2.05) is 29.3 Å². The molecule has 4 rings (SSSR count). The van der Waals surface area contributed by atoms with Crippen molar-refractivity contribution in [3.05, 3.63) is 36.3 Å². The van der Waals surface area contributed by atoms with E-state index in [2.05, 4.69) is 40.1 Å². The molecule has 3 heterocycles. The molecular formula is C18H21N5O. The highest BCUT2D eigenvalue weighted by Gasteiger charge is 2.33. The van der Waals surface area contributed by atoms with Crippen LogP contribution in [0.15, 0.2) is 30.5 Å². The van der Waals surface area contributed by atoms with Crippen LogP contribution in [0.4, 0.5) is 0 Å². The van der Waals surface area contributed by atoms with Crippen LogP contribution in [0.25, 0.3) is 22.3 Å². The third-order valence-electron chi connectivity index (χ3n) is 4.52. The zero-order valence-electron chi connectivity index (χ0n) is 13.9. The van der Waals surface area contributed by atoms with Crippen LogP contribution in [0, 0.1) is 5.92 Å². The van der Waals surface area contributed by atoms with Gasteiger partial charge in [0.15, 0.2) is 5.82 Å². The summed E-state index contributed by atoms with van der Waals surface area (Å²) in [5.41, 5.74) is 2.05. The number of rotatable bonds is 4. The van der Waals surface area contributed by atoms with E-state index in [9.17, 15) is 4.79 Å². The molecule has 1 fully saturated rings. The fourth-order valence-electron chi connectivity index (χ4n) is 3.41. The maximum absolute atomic E-state index is 12.2. The van der Waals surface area contributed by atoms with Crippen molar-refractivity contribution in [3.8, 4) is 11.4 Å². The largest absolute Gasteiger partial charge is 0.360 e. The van der Waals surface area contributed by atoms with Crippen molar-refractivity contribution >= 4 is 16.8 Å². The SMILES string of the molecule is CC(C)CN1C[C@H](c2nc(-c3c[nH]c4ccccc34)n[nH]2)CC1=O. The Morgan fingerprint density at radius 1 is 1.33 bits per heavy atom. The minimum atomic E-state index is 0.0997. The summed E-state index contributed by atoms with van der Waals surface area (Å²) in [6.45, 7) is 5.78. The lowest BCUT2D eigenvalue weighted by atomic mass is 10.1. The Labute approximate surface area is 140 Å². The molecule has 3 aromatic rings. The highest BCUT2D eigenvalue weighted by atomic mass is 16.2. The lowest BCUT2D eigenvalue weighted by Crippen LogP contribution is -2.29. The first-order valence-electron chi connectivity index (χ1n) is 8.38. The molecule has 0 unspecified atom stereocenters. The van der Waals surface area contributed by atoms with Gasteiger partial charge in [-0.25, -0.2) is 4.98 Å². The number of nitrogens with zero attached hydrogens (tertiary/aromatic N) is 3. The monoisotopic (exact) mass is 323 g/mol. The third kappa shape index (κ3) is 2.58. The number of benzene rings is 1. The summed E-state index contributed by atoms with van der Waals surface area (Å²) in [6.07, 6.45) is 2.44. The van der Waals surface area contributed by atoms with Crippen molar-refractivity contribution in [1.82, 2.24) is 25.1 Å². The molecule has 0 spiro atoms. The van der Waals surface area contributed by atoms with Gasteiger partial charge < -0.3 is 9.88 Å². The topological polar surface area (TPSA) is 77.7 Å². The Bertz CT molecular complexity index is 878. The third-order valence-corrected chi connectivity index (χ3v) is 4.52. The highest BCUT2D eigenvalue weighted by Crippen LogP contribution is 2.30. The summed E-state index contributed by atoms with van der Waals surface area (Å²) in [6, 6.07) is 8.10. The molecule has 0 bridgehead atoms. The van der Waals surface area contributed by atoms with Crippen LogP contribution in [-0.4, -0.2) is 44.1 Å². The summed E-state index contributed by atoms with van der Waals surface area (Å²) in [5.74, 6) is 2.26. The molecule has 124 valence electrons. The molecular weight excluding hydrogens is 302 g/mol. The second kappa shape index (κ2) is 5.78. The van der Waals surface area contributed by atoms with Crippen LogP contribution in [0.5, 0.6) is 0 Å². The lowest BCUT2D eigenvalue weighted by Gasteiger charge is -2.18. The van der Waals surface area contributed by atoms with Gasteiger partial charge in [0.1, 0.15) is 5.82 Å². The van der Waals surface area contributed by atoms with E-state index in [4.69, 9.17) is 0 Å². The van der Waals surface area contributed by atoms with Gasteiger partial charge in [0.25, 0.3) is 0 Å². The molecule has 1 saturated heterocycles. The molecule has 6 heteroatoms. The fraction of sp³-hybridized carbons (Fsp3) is 0.389. The van der Waals surface area contributed by atoms with Crippen molar-refractivity contribution in [3.63, 3.8) is 0 Å². The van der Waals surface area contributed by atoms with E-state index in [0.717, 1.165) is 35.4 Å². The summed E-state index contributed by atoms with van der Waals surface area (Å²) in [5, 5.41) is 8.52. The number of H-pyrrole nitrogens is 2. The number of para-hydroxylation sites is 1. The number of hydrogen-bond acceptors (Lipinski definition) is 3. The van der Waals surface area contributed by atoms with Crippen molar-refractivity contribution < 1.29 is 4.79 Å². The number of aromatic nitrogens is 4. The molecule has 1 atom stereocenters. The summed E-state index contributed by atoms with van der Waals surface area (Å²) in [7, 11) is 0. The van der Waals surface area contributed by atoms with Crippen LogP contribution in [-0.2, 0) is 4.79 Å². The number of amides is 1. The quantitative estimate of drug-likeness (QED) is 0.775. The second-order valence-electron chi connectivity index (χ2n) is 6.89. The Morgan fingerprint density at radius 2 is 2.17 bits per heavy atom. The molecule has 1 amide bonds. The molecule has 24 heavy (non-hydrogen) atoms. The molecule has 1 aromatic carbocycles. The molecule has 0 saturated carbocycles. The molecule has 1 aliphatic heterocycles. The number of nitrogens with one attached hydrogen (secondary N) is 2. The number of carbonyl (C=O) groups excluding carboxylic acids is 1. The van der Waals surface area contributed by atoms with Crippen LogP contribution < -0.4 is 0 Å². The maximum Gasteiger partial charge on any atom is 0.223 e. The summed E-state index contributed by atoms with van der Waals surface area (Å²) >= 11 is 0. The average molecular weight is 323 g/mol. The molecule has 0 radical (unpaired) electrons. The minimum absolute atomic E-state index is 0.0997. The van der Waals surface area contributed by atoms with Crippen LogP contribution in [0.2, 0.25) is 0 Å². The zero-order chi connectivity index (χ0) is 16.7. The van der Waals surface area contributed by atoms with Gasteiger partial charge in [0.05, 0.1) is 0 Å². The predicted molar refractivity (Wildman–Crippen MR) is 92.5 cm³/mol. The smallest absolute Gasteiger partial charge is 0.223 e. The first-order valence-corrected chi connectivity index (χ1v) is 8.38. The lowest BCUT2D eigenvalue weighted by molar-refractivity contribution is -0.128. The Morgan fingerprint density at radius 3 is 3.00 bits per heavy atom. The van der Waals surface area contributed by atoms with E-state index in [0.29, 0.717) is 18.2 Å². The van der Waals surface area contributed by atoms with Crippen LogP contribution in [0.1, 0.15) is 32.0 Å². The standard InChI is InChI=1S/C18H21N5O/c1-11(2)9-23-10-12(7-16(23)24)17-20-18(22-21-17)14-8-19-15-6-4-3-5-13(14)15/h3-6,8,11-12,19H,7,9-10H2,1-2H3,(H,20,21,22)/t12-/m1/s1. The number of fused-ring (bicyclic) bond motifs is 1. The van der Waals surface area contributed by atoms with Crippen LogP contribution in [0.3, 0.4) is 0 Å².